The highest BCUT2D eigenvalue weighted by Gasteiger charge is 2.18. The van der Waals surface area contributed by atoms with E-state index in [2.05, 4.69) is 10.3 Å². The molecule has 2 aromatic heterocycles. The van der Waals surface area contributed by atoms with Gasteiger partial charge in [-0.05, 0) is 39.0 Å². The third-order valence-corrected chi connectivity index (χ3v) is 2.89. The van der Waals surface area contributed by atoms with Crippen LogP contribution < -0.4 is 5.32 Å². The molecule has 2 rings (SSSR count). The molecule has 5 heteroatoms. The fourth-order valence-electron chi connectivity index (χ4n) is 1.99. The van der Waals surface area contributed by atoms with Gasteiger partial charge in [-0.1, -0.05) is 0 Å². The second kappa shape index (κ2) is 5.14. The number of nitrogens with zero attached hydrogens (tertiary/aromatic N) is 1. The quantitative estimate of drug-likeness (QED) is 0.889. The summed E-state index contributed by atoms with van der Waals surface area (Å²) in [5.74, 6) is 1.03. The van der Waals surface area contributed by atoms with Crippen LogP contribution in [0.15, 0.2) is 28.8 Å². The first kappa shape index (κ1) is 13.1. The van der Waals surface area contributed by atoms with Crippen LogP contribution in [0, 0.1) is 13.8 Å². The van der Waals surface area contributed by atoms with Gasteiger partial charge >= 0.3 is 0 Å². The van der Waals surface area contributed by atoms with Crippen molar-refractivity contribution in [2.24, 2.45) is 0 Å². The van der Waals surface area contributed by atoms with Gasteiger partial charge in [0.25, 0.3) is 5.91 Å². The Kier molecular flexibility index (Phi) is 3.55. The lowest BCUT2D eigenvalue weighted by molar-refractivity contribution is 0.0931. The summed E-state index contributed by atoms with van der Waals surface area (Å²) in [6, 6.07) is 4.67. The van der Waals surface area contributed by atoms with E-state index in [-0.39, 0.29) is 17.5 Å². The van der Waals surface area contributed by atoms with Crippen molar-refractivity contribution in [2.75, 3.05) is 0 Å². The number of aromatic hydroxyl groups is 1. The Bertz CT molecular complexity index is 604. The van der Waals surface area contributed by atoms with Crippen LogP contribution in [0.1, 0.15) is 40.5 Å². The lowest BCUT2D eigenvalue weighted by atomic mass is 10.1. The number of nitrogens with one attached hydrogen (secondary N) is 1. The summed E-state index contributed by atoms with van der Waals surface area (Å²) in [6.07, 6.45) is 1.46. The summed E-state index contributed by atoms with van der Waals surface area (Å²) in [6.45, 7) is 5.56. The van der Waals surface area contributed by atoms with Crippen molar-refractivity contribution >= 4 is 5.91 Å². The van der Waals surface area contributed by atoms with Crippen molar-refractivity contribution in [1.82, 2.24) is 10.3 Å². The maximum absolute atomic E-state index is 12.0. The number of pyridine rings is 1. The van der Waals surface area contributed by atoms with E-state index in [1.807, 2.05) is 26.8 Å². The molecule has 0 bridgehead atoms. The average molecular weight is 260 g/mol. The van der Waals surface area contributed by atoms with Crippen molar-refractivity contribution in [3.8, 4) is 5.75 Å². The molecular formula is C14H16N2O3. The van der Waals surface area contributed by atoms with Gasteiger partial charge in [-0.3, -0.25) is 4.79 Å². The van der Waals surface area contributed by atoms with Crippen molar-refractivity contribution in [2.45, 2.75) is 26.8 Å². The molecule has 0 aliphatic heterocycles. The summed E-state index contributed by atoms with van der Waals surface area (Å²) < 4.78 is 5.43. The Morgan fingerprint density at radius 3 is 2.79 bits per heavy atom. The molecule has 100 valence electrons. The minimum Gasteiger partial charge on any atom is -0.505 e. The topological polar surface area (TPSA) is 75.4 Å². The number of aryl methyl sites for hydroxylation is 2. The van der Waals surface area contributed by atoms with Gasteiger partial charge in [-0.2, -0.15) is 0 Å². The van der Waals surface area contributed by atoms with Gasteiger partial charge in [0.2, 0.25) is 0 Å². The molecule has 1 atom stereocenters. The Balaban J connectivity index is 2.15. The molecule has 0 fully saturated rings. The van der Waals surface area contributed by atoms with Gasteiger partial charge < -0.3 is 14.8 Å². The molecule has 0 spiro atoms. The maximum Gasteiger partial charge on any atom is 0.274 e. The van der Waals surface area contributed by atoms with Crippen molar-refractivity contribution in [1.29, 1.82) is 0 Å². The van der Waals surface area contributed by atoms with E-state index < -0.39 is 5.91 Å². The van der Waals surface area contributed by atoms with Crippen LogP contribution in [0.2, 0.25) is 0 Å². The second-order valence-corrected chi connectivity index (χ2v) is 4.43. The first-order chi connectivity index (χ1) is 8.99. The van der Waals surface area contributed by atoms with E-state index in [1.165, 1.54) is 12.3 Å². The molecule has 2 N–H and O–H groups in total. The number of rotatable bonds is 3. The van der Waals surface area contributed by atoms with Crippen LogP contribution in [0.4, 0.5) is 0 Å². The van der Waals surface area contributed by atoms with Crippen molar-refractivity contribution in [3.05, 3.63) is 47.2 Å². The van der Waals surface area contributed by atoms with Crippen LogP contribution in [-0.2, 0) is 0 Å². The zero-order valence-electron chi connectivity index (χ0n) is 11.1. The Labute approximate surface area is 111 Å². The Hall–Kier alpha value is -2.30. The molecule has 1 amide bonds. The number of carbonyl (C=O) groups excluding carboxylic acids is 1. The monoisotopic (exact) mass is 260 g/mol. The normalized spacial score (nSPS) is 12.2. The summed E-state index contributed by atoms with van der Waals surface area (Å²) in [7, 11) is 0. The highest BCUT2D eigenvalue weighted by molar-refractivity contribution is 5.94. The van der Waals surface area contributed by atoms with Gasteiger partial charge in [0.05, 0.1) is 6.04 Å². The van der Waals surface area contributed by atoms with E-state index in [9.17, 15) is 9.90 Å². The van der Waals surface area contributed by atoms with E-state index in [1.54, 1.807) is 6.07 Å². The second-order valence-electron chi connectivity index (χ2n) is 4.43. The van der Waals surface area contributed by atoms with Crippen LogP contribution in [0.25, 0.3) is 0 Å². The predicted molar refractivity (Wildman–Crippen MR) is 70.0 cm³/mol. The van der Waals surface area contributed by atoms with Crippen molar-refractivity contribution < 1.29 is 14.3 Å². The number of furan rings is 1. The Morgan fingerprint density at radius 2 is 2.21 bits per heavy atom. The van der Waals surface area contributed by atoms with Crippen LogP contribution >= 0.6 is 0 Å². The molecule has 0 saturated carbocycles. The first-order valence-electron chi connectivity index (χ1n) is 6.01. The standard InChI is InChI=1S/C14H16N2O3/c1-8-7-11(10(3)19-8)9(2)16-14(18)13-12(17)5-4-6-15-13/h4-7,9,17H,1-3H3,(H,16,18). The molecule has 1 unspecified atom stereocenters. The summed E-state index contributed by atoms with van der Waals surface area (Å²) in [4.78, 5) is 15.9. The summed E-state index contributed by atoms with van der Waals surface area (Å²) in [5, 5.41) is 12.4. The lowest BCUT2D eigenvalue weighted by Crippen LogP contribution is -2.27. The van der Waals surface area contributed by atoms with Gasteiger partial charge in [-0.15, -0.1) is 0 Å². The third-order valence-electron chi connectivity index (χ3n) is 2.89. The first-order valence-corrected chi connectivity index (χ1v) is 6.01. The molecule has 0 aromatic carbocycles. The minimum absolute atomic E-state index is 0.0206. The number of hydrogen-bond acceptors (Lipinski definition) is 4. The number of aromatic nitrogens is 1. The fraction of sp³-hybridized carbons (Fsp3) is 0.286. The van der Waals surface area contributed by atoms with Crippen LogP contribution in [-0.4, -0.2) is 16.0 Å². The molecule has 0 aliphatic rings. The zero-order chi connectivity index (χ0) is 14.0. The van der Waals surface area contributed by atoms with E-state index in [4.69, 9.17) is 4.42 Å². The van der Waals surface area contributed by atoms with Gasteiger partial charge in [0.1, 0.15) is 17.3 Å². The highest BCUT2D eigenvalue weighted by atomic mass is 16.3. The molecule has 2 heterocycles. The Morgan fingerprint density at radius 1 is 1.47 bits per heavy atom. The minimum atomic E-state index is -0.413. The number of carbonyl (C=O) groups is 1. The van der Waals surface area contributed by atoms with E-state index in [0.29, 0.717) is 0 Å². The van der Waals surface area contributed by atoms with Gasteiger partial charge in [-0.25, -0.2) is 4.98 Å². The van der Waals surface area contributed by atoms with Crippen molar-refractivity contribution in [3.63, 3.8) is 0 Å². The largest absolute Gasteiger partial charge is 0.505 e. The highest BCUT2D eigenvalue weighted by Crippen LogP contribution is 2.22. The van der Waals surface area contributed by atoms with Gasteiger partial charge in [0, 0.05) is 11.8 Å². The third kappa shape index (κ3) is 2.76. The number of amides is 1. The molecular weight excluding hydrogens is 244 g/mol. The lowest BCUT2D eigenvalue weighted by Gasteiger charge is -2.13. The van der Waals surface area contributed by atoms with E-state index in [0.717, 1.165) is 17.1 Å². The van der Waals surface area contributed by atoms with E-state index >= 15 is 0 Å². The fourth-order valence-corrected chi connectivity index (χ4v) is 1.99. The van der Waals surface area contributed by atoms with Crippen LogP contribution in [0.3, 0.4) is 0 Å². The molecule has 0 radical (unpaired) electrons. The SMILES string of the molecule is Cc1cc(C(C)NC(=O)c2ncccc2O)c(C)o1. The van der Waals surface area contributed by atoms with Gasteiger partial charge in [0.15, 0.2) is 5.69 Å². The predicted octanol–water partition coefficient (Wildman–Crippen LogP) is 2.49. The molecule has 0 saturated heterocycles. The maximum atomic E-state index is 12.0. The molecule has 2 aromatic rings. The summed E-state index contributed by atoms with van der Waals surface area (Å²) >= 11 is 0. The zero-order valence-corrected chi connectivity index (χ0v) is 11.1. The molecule has 19 heavy (non-hydrogen) atoms. The average Bonchev–Trinajstić information content (AvgIpc) is 2.69. The summed E-state index contributed by atoms with van der Waals surface area (Å²) in [5.41, 5.74) is 0.938. The smallest absolute Gasteiger partial charge is 0.274 e. The molecule has 0 aliphatic carbocycles. The number of hydrogen-bond donors (Lipinski definition) is 2. The molecule has 5 nitrogen and oxygen atoms in total. The van der Waals surface area contributed by atoms with Crippen LogP contribution in [0.5, 0.6) is 5.75 Å².